The van der Waals surface area contributed by atoms with Gasteiger partial charge in [-0.25, -0.2) is 8.78 Å². The predicted octanol–water partition coefficient (Wildman–Crippen LogP) is 9.85. The van der Waals surface area contributed by atoms with E-state index in [-0.39, 0.29) is 5.92 Å². The SMILES string of the molecule is CC(C)CCN(Cc1cc(F)cc(F)c1)Cc1cc(-c2ccc(C(F)(F)F)cc2)cc(C(C)CC(C)C)c1. The lowest BCUT2D eigenvalue weighted by atomic mass is 9.88. The Bertz CT molecular complexity index is 1160. The van der Waals surface area contributed by atoms with Crippen LogP contribution in [0.1, 0.15) is 75.6 Å². The molecule has 0 aliphatic heterocycles. The van der Waals surface area contributed by atoms with Crippen LogP contribution in [0, 0.1) is 23.5 Å². The van der Waals surface area contributed by atoms with Crippen molar-refractivity contribution in [3.63, 3.8) is 0 Å². The second-order valence-electron chi connectivity index (χ2n) is 11.2. The Morgan fingerprint density at radius 1 is 0.684 bits per heavy atom. The molecule has 3 aromatic carbocycles. The van der Waals surface area contributed by atoms with Crippen molar-refractivity contribution >= 4 is 0 Å². The van der Waals surface area contributed by atoms with Crippen molar-refractivity contribution in [2.45, 2.75) is 72.6 Å². The standard InChI is InChI=1S/C32H38F5N/c1-21(2)10-11-38(20-25-15-30(33)18-31(34)16-25)19-24-13-27(23(5)12-22(3)4)17-28(14-24)26-6-8-29(9-7-26)32(35,36)37/h6-9,13-18,21-23H,10-12,19-20H2,1-5H3. The molecule has 0 saturated carbocycles. The fourth-order valence-electron chi connectivity index (χ4n) is 4.83. The summed E-state index contributed by atoms with van der Waals surface area (Å²) in [5.41, 5.74) is 3.63. The number of rotatable bonds is 11. The molecule has 1 unspecified atom stereocenters. The fraction of sp³-hybridized carbons (Fsp3) is 0.438. The largest absolute Gasteiger partial charge is 0.416 e. The average molecular weight is 532 g/mol. The van der Waals surface area contributed by atoms with E-state index < -0.39 is 23.4 Å². The molecule has 1 atom stereocenters. The Morgan fingerprint density at radius 2 is 1.26 bits per heavy atom. The van der Waals surface area contributed by atoms with E-state index in [1.54, 1.807) is 0 Å². The monoisotopic (exact) mass is 531 g/mol. The highest BCUT2D eigenvalue weighted by atomic mass is 19.4. The summed E-state index contributed by atoms with van der Waals surface area (Å²) in [6.07, 6.45) is -2.48. The van der Waals surface area contributed by atoms with Crippen LogP contribution >= 0.6 is 0 Å². The van der Waals surface area contributed by atoms with Crippen molar-refractivity contribution < 1.29 is 22.0 Å². The van der Waals surface area contributed by atoms with Gasteiger partial charge < -0.3 is 0 Å². The van der Waals surface area contributed by atoms with Crippen LogP contribution in [0.2, 0.25) is 0 Å². The number of hydrogen-bond donors (Lipinski definition) is 0. The molecule has 0 N–H and O–H groups in total. The van der Waals surface area contributed by atoms with Crippen LogP contribution in [-0.2, 0) is 19.3 Å². The predicted molar refractivity (Wildman–Crippen MR) is 145 cm³/mol. The molecule has 3 aromatic rings. The zero-order valence-corrected chi connectivity index (χ0v) is 22.9. The quantitative estimate of drug-likeness (QED) is 0.223. The summed E-state index contributed by atoms with van der Waals surface area (Å²) >= 11 is 0. The van der Waals surface area contributed by atoms with Gasteiger partial charge in [0.2, 0.25) is 0 Å². The van der Waals surface area contributed by atoms with Crippen LogP contribution in [0.3, 0.4) is 0 Å². The second-order valence-corrected chi connectivity index (χ2v) is 11.2. The molecule has 0 spiro atoms. The Hall–Kier alpha value is -2.73. The molecule has 3 rings (SSSR count). The van der Waals surface area contributed by atoms with Crippen molar-refractivity contribution in [3.05, 3.63) is 94.6 Å². The van der Waals surface area contributed by atoms with Crippen LogP contribution in [0.4, 0.5) is 22.0 Å². The minimum Gasteiger partial charge on any atom is -0.295 e. The lowest BCUT2D eigenvalue weighted by molar-refractivity contribution is -0.137. The molecule has 0 heterocycles. The minimum atomic E-state index is -4.38. The molecule has 0 fully saturated rings. The van der Waals surface area contributed by atoms with Crippen LogP contribution in [0.5, 0.6) is 0 Å². The normalized spacial score (nSPS) is 13.1. The third-order valence-electron chi connectivity index (χ3n) is 6.71. The number of nitrogens with zero attached hydrogens (tertiary/aromatic N) is 1. The maximum Gasteiger partial charge on any atom is 0.416 e. The van der Waals surface area contributed by atoms with Gasteiger partial charge in [-0.15, -0.1) is 0 Å². The molecule has 6 heteroatoms. The zero-order chi connectivity index (χ0) is 28.0. The summed E-state index contributed by atoms with van der Waals surface area (Å²) in [6, 6.07) is 15.1. The van der Waals surface area contributed by atoms with Crippen molar-refractivity contribution in [1.29, 1.82) is 0 Å². The van der Waals surface area contributed by atoms with Gasteiger partial charge in [-0.05, 0) is 95.3 Å². The summed E-state index contributed by atoms with van der Waals surface area (Å²) < 4.78 is 67.1. The molecular formula is C32H38F5N. The summed E-state index contributed by atoms with van der Waals surface area (Å²) in [7, 11) is 0. The molecule has 38 heavy (non-hydrogen) atoms. The van der Waals surface area contributed by atoms with Gasteiger partial charge >= 0.3 is 6.18 Å². The van der Waals surface area contributed by atoms with Gasteiger partial charge in [0, 0.05) is 19.2 Å². The maximum absolute atomic E-state index is 13.9. The van der Waals surface area contributed by atoms with Gasteiger partial charge in [-0.2, -0.15) is 13.2 Å². The molecule has 0 saturated heterocycles. The van der Waals surface area contributed by atoms with Crippen molar-refractivity contribution in [2.24, 2.45) is 11.8 Å². The maximum atomic E-state index is 13.9. The third-order valence-corrected chi connectivity index (χ3v) is 6.71. The summed E-state index contributed by atoms with van der Waals surface area (Å²) in [6.45, 7) is 12.5. The first-order valence-electron chi connectivity index (χ1n) is 13.3. The lowest BCUT2D eigenvalue weighted by Crippen LogP contribution is -2.25. The molecule has 206 valence electrons. The molecule has 0 radical (unpaired) electrons. The van der Waals surface area contributed by atoms with Gasteiger partial charge in [-0.3, -0.25) is 4.90 Å². The highest BCUT2D eigenvalue weighted by Gasteiger charge is 2.30. The van der Waals surface area contributed by atoms with Gasteiger partial charge in [0.05, 0.1) is 5.56 Å². The van der Waals surface area contributed by atoms with E-state index in [0.29, 0.717) is 30.5 Å². The smallest absolute Gasteiger partial charge is 0.295 e. The van der Waals surface area contributed by atoms with E-state index in [1.165, 1.54) is 24.3 Å². The summed E-state index contributed by atoms with van der Waals surface area (Å²) in [5, 5.41) is 0. The molecule has 0 aliphatic rings. The van der Waals surface area contributed by atoms with Gasteiger partial charge in [0.15, 0.2) is 0 Å². The Morgan fingerprint density at radius 3 is 1.79 bits per heavy atom. The van der Waals surface area contributed by atoms with Crippen LogP contribution in [0.25, 0.3) is 11.1 Å². The Labute approximate surface area is 223 Å². The van der Waals surface area contributed by atoms with E-state index in [2.05, 4.69) is 51.7 Å². The average Bonchev–Trinajstić information content (AvgIpc) is 2.81. The van der Waals surface area contributed by atoms with Crippen molar-refractivity contribution in [2.75, 3.05) is 6.54 Å². The van der Waals surface area contributed by atoms with Gasteiger partial charge in [0.1, 0.15) is 11.6 Å². The number of halogens is 5. The molecule has 0 bridgehead atoms. The molecule has 0 aromatic heterocycles. The number of alkyl halides is 3. The topological polar surface area (TPSA) is 3.24 Å². The molecule has 0 amide bonds. The van der Waals surface area contributed by atoms with E-state index in [0.717, 1.165) is 59.8 Å². The van der Waals surface area contributed by atoms with Gasteiger partial charge in [0.25, 0.3) is 0 Å². The van der Waals surface area contributed by atoms with Crippen LogP contribution in [-0.4, -0.2) is 11.4 Å². The minimum absolute atomic E-state index is 0.268. The van der Waals surface area contributed by atoms with Crippen molar-refractivity contribution in [1.82, 2.24) is 4.90 Å². The van der Waals surface area contributed by atoms with E-state index >= 15 is 0 Å². The van der Waals surface area contributed by atoms with Crippen molar-refractivity contribution in [3.8, 4) is 11.1 Å². The number of hydrogen-bond acceptors (Lipinski definition) is 1. The number of benzene rings is 3. The Kier molecular flexibility index (Phi) is 10.1. The fourth-order valence-corrected chi connectivity index (χ4v) is 4.83. The molecule has 1 nitrogen and oxygen atoms in total. The first kappa shape index (κ1) is 29.8. The highest BCUT2D eigenvalue weighted by Crippen LogP contribution is 2.33. The van der Waals surface area contributed by atoms with Crippen LogP contribution in [0.15, 0.2) is 60.7 Å². The zero-order valence-electron chi connectivity index (χ0n) is 22.9. The lowest BCUT2D eigenvalue weighted by Gasteiger charge is -2.25. The molecule has 0 aliphatic carbocycles. The van der Waals surface area contributed by atoms with Crippen LogP contribution < -0.4 is 0 Å². The first-order chi connectivity index (χ1) is 17.8. The van der Waals surface area contributed by atoms with E-state index in [9.17, 15) is 22.0 Å². The summed E-state index contributed by atoms with van der Waals surface area (Å²) in [4.78, 5) is 2.18. The first-order valence-corrected chi connectivity index (χ1v) is 13.3. The Balaban J connectivity index is 1.98. The highest BCUT2D eigenvalue weighted by molar-refractivity contribution is 5.66. The second kappa shape index (κ2) is 12.9. The summed E-state index contributed by atoms with van der Waals surface area (Å²) in [5.74, 6) is 0.0239. The van der Waals surface area contributed by atoms with E-state index in [4.69, 9.17) is 0 Å². The van der Waals surface area contributed by atoms with Gasteiger partial charge in [-0.1, -0.05) is 58.9 Å². The molecular weight excluding hydrogens is 493 g/mol. The van der Waals surface area contributed by atoms with E-state index in [1.807, 2.05) is 6.07 Å². The third kappa shape index (κ3) is 8.93.